The van der Waals surface area contributed by atoms with Gasteiger partial charge in [0, 0.05) is 31.7 Å². The molecule has 0 radical (unpaired) electrons. The van der Waals surface area contributed by atoms with Crippen molar-refractivity contribution in [3.8, 4) is 5.75 Å². The molecular formula is C24H34N4O4S. The number of ether oxygens (including phenoxy) is 1. The summed E-state index contributed by atoms with van der Waals surface area (Å²) in [4.78, 5) is 17.1. The maximum atomic E-state index is 13.0. The van der Waals surface area contributed by atoms with Crippen LogP contribution in [0.3, 0.4) is 0 Å². The number of aromatic nitrogens is 2. The van der Waals surface area contributed by atoms with Crippen molar-refractivity contribution in [3.05, 3.63) is 41.2 Å². The zero-order chi connectivity index (χ0) is 23.6. The minimum absolute atomic E-state index is 0.0371. The second kappa shape index (κ2) is 9.75. The first-order valence-corrected chi connectivity index (χ1v) is 13.6. The van der Waals surface area contributed by atoms with Crippen LogP contribution in [0.15, 0.2) is 24.3 Å². The molecule has 3 heterocycles. The number of benzene rings is 1. The van der Waals surface area contributed by atoms with Crippen LogP contribution >= 0.6 is 0 Å². The first-order valence-electron chi connectivity index (χ1n) is 11.8. The first-order chi connectivity index (χ1) is 15.8. The highest BCUT2D eigenvalue weighted by Gasteiger charge is 2.33. The van der Waals surface area contributed by atoms with Gasteiger partial charge < -0.3 is 14.5 Å². The van der Waals surface area contributed by atoms with E-state index < -0.39 is 9.84 Å². The van der Waals surface area contributed by atoms with Crippen LogP contribution in [0.25, 0.3) is 0 Å². The van der Waals surface area contributed by atoms with E-state index in [0.717, 1.165) is 48.8 Å². The molecule has 2 saturated heterocycles. The molecule has 1 atom stereocenters. The Balaban J connectivity index is 1.37. The number of unbranched alkanes of at least 4 members (excludes halogenated alkanes) is 1. The van der Waals surface area contributed by atoms with E-state index in [9.17, 15) is 13.2 Å². The van der Waals surface area contributed by atoms with Crippen molar-refractivity contribution in [2.45, 2.75) is 46.1 Å². The molecule has 33 heavy (non-hydrogen) atoms. The van der Waals surface area contributed by atoms with Crippen LogP contribution in [0.4, 0.5) is 5.69 Å². The molecule has 2 aliphatic heterocycles. The number of hydrogen-bond acceptors (Lipinski definition) is 6. The number of carbonyl (C=O) groups is 1. The SMILES string of the molecule is CCCCOc1ccc(C(=O)N2CCN(c3c(C)nn(C4CCS(=O)(=O)C4)c3C)CC2)cc1. The minimum Gasteiger partial charge on any atom is -0.494 e. The van der Waals surface area contributed by atoms with E-state index in [1.165, 1.54) is 0 Å². The predicted octanol–water partition coefficient (Wildman–Crippen LogP) is 3.00. The molecule has 1 amide bonds. The summed E-state index contributed by atoms with van der Waals surface area (Å²) in [5.41, 5.74) is 3.66. The average Bonchev–Trinajstić information content (AvgIpc) is 3.31. The lowest BCUT2D eigenvalue weighted by atomic mass is 10.1. The van der Waals surface area contributed by atoms with E-state index in [2.05, 4.69) is 16.9 Å². The van der Waals surface area contributed by atoms with Crippen molar-refractivity contribution >= 4 is 21.4 Å². The molecule has 0 saturated carbocycles. The highest BCUT2D eigenvalue weighted by Crippen LogP contribution is 2.31. The van der Waals surface area contributed by atoms with Gasteiger partial charge in [0.1, 0.15) is 5.75 Å². The maximum Gasteiger partial charge on any atom is 0.253 e. The normalized spacial score (nSPS) is 20.3. The van der Waals surface area contributed by atoms with Gasteiger partial charge in [0.05, 0.1) is 41.2 Å². The Morgan fingerprint density at radius 1 is 1.12 bits per heavy atom. The summed E-state index contributed by atoms with van der Waals surface area (Å²) in [6.45, 7) is 9.52. The number of amides is 1. The topological polar surface area (TPSA) is 84.7 Å². The molecule has 0 spiro atoms. The average molecular weight is 475 g/mol. The van der Waals surface area contributed by atoms with Crippen LogP contribution in [-0.4, -0.2) is 73.3 Å². The minimum atomic E-state index is -2.97. The number of anilines is 1. The number of hydrogen-bond donors (Lipinski definition) is 0. The maximum absolute atomic E-state index is 13.0. The van der Waals surface area contributed by atoms with Gasteiger partial charge in [-0.25, -0.2) is 8.42 Å². The zero-order valence-electron chi connectivity index (χ0n) is 19.8. The van der Waals surface area contributed by atoms with Gasteiger partial charge in [-0.1, -0.05) is 13.3 Å². The third kappa shape index (κ3) is 5.18. The molecule has 2 fully saturated rings. The van der Waals surface area contributed by atoms with Crippen LogP contribution in [-0.2, 0) is 9.84 Å². The molecule has 0 bridgehead atoms. The van der Waals surface area contributed by atoms with Crippen LogP contribution in [0.2, 0.25) is 0 Å². The Morgan fingerprint density at radius 3 is 2.42 bits per heavy atom. The molecule has 0 N–H and O–H groups in total. The van der Waals surface area contributed by atoms with Crippen molar-refractivity contribution in [2.75, 3.05) is 49.2 Å². The van der Waals surface area contributed by atoms with Crippen LogP contribution in [0.5, 0.6) is 5.75 Å². The Labute approximate surface area is 196 Å². The quantitative estimate of drug-likeness (QED) is 0.574. The van der Waals surface area contributed by atoms with Gasteiger partial charge in [0.25, 0.3) is 5.91 Å². The lowest BCUT2D eigenvalue weighted by molar-refractivity contribution is 0.0746. The van der Waals surface area contributed by atoms with Crippen molar-refractivity contribution in [3.63, 3.8) is 0 Å². The fourth-order valence-corrected chi connectivity index (χ4v) is 6.47. The summed E-state index contributed by atoms with van der Waals surface area (Å²) in [7, 11) is -2.97. The van der Waals surface area contributed by atoms with Crippen molar-refractivity contribution in [2.24, 2.45) is 0 Å². The van der Waals surface area contributed by atoms with Gasteiger partial charge in [-0.3, -0.25) is 9.48 Å². The molecule has 1 unspecified atom stereocenters. The van der Waals surface area contributed by atoms with E-state index in [1.54, 1.807) is 0 Å². The number of aryl methyl sites for hydroxylation is 1. The highest BCUT2D eigenvalue weighted by molar-refractivity contribution is 7.91. The molecule has 4 rings (SSSR count). The number of nitrogens with zero attached hydrogens (tertiary/aromatic N) is 4. The summed E-state index contributed by atoms with van der Waals surface area (Å²) in [6.07, 6.45) is 2.72. The van der Waals surface area contributed by atoms with Crippen molar-refractivity contribution in [1.82, 2.24) is 14.7 Å². The van der Waals surface area contributed by atoms with Gasteiger partial charge in [-0.05, 0) is 51.0 Å². The van der Waals surface area contributed by atoms with E-state index >= 15 is 0 Å². The summed E-state index contributed by atoms with van der Waals surface area (Å²) in [5.74, 6) is 1.23. The van der Waals surface area contributed by atoms with Gasteiger partial charge in [0.2, 0.25) is 0 Å². The lowest BCUT2D eigenvalue weighted by Gasteiger charge is -2.36. The summed E-state index contributed by atoms with van der Waals surface area (Å²) < 4.78 is 31.4. The molecule has 2 aliphatic rings. The number of piperazine rings is 1. The molecule has 9 heteroatoms. The molecule has 1 aromatic carbocycles. The number of sulfone groups is 1. The third-order valence-electron chi connectivity index (χ3n) is 6.59. The van der Waals surface area contributed by atoms with Gasteiger partial charge >= 0.3 is 0 Å². The standard InChI is InChI=1S/C24H34N4O4S/c1-4-5-15-32-22-8-6-20(7-9-22)24(29)27-13-11-26(12-14-27)23-18(2)25-28(19(23)3)21-10-16-33(30,31)17-21/h6-9,21H,4-5,10-17H2,1-3H3. The third-order valence-corrected chi connectivity index (χ3v) is 8.34. The predicted molar refractivity (Wildman–Crippen MR) is 129 cm³/mol. The Hall–Kier alpha value is -2.55. The fourth-order valence-electron chi connectivity index (χ4n) is 4.78. The van der Waals surface area contributed by atoms with Crippen LogP contribution < -0.4 is 9.64 Å². The monoisotopic (exact) mass is 474 g/mol. The van der Waals surface area contributed by atoms with E-state index in [-0.39, 0.29) is 23.5 Å². The van der Waals surface area contributed by atoms with Gasteiger partial charge in [-0.2, -0.15) is 5.10 Å². The van der Waals surface area contributed by atoms with Gasteiger partial charge in [-0.15, -0.1) is 0 Å². The van der Waals surface area contributed by atoms with Crippen molar-refractivity contribution in [1.29, 1.82) is 0 Å². The molecule has 0 aliphatic carbocycles. The Bertz CT molecular complexity index is 1090. The summed E-state index contributed by atoms with van der Waals surface area (Å²) >= 11 is 0. The Kier molecular flexibility index (Phi) is 6.97. The van der Waals surface area contributed by atoms with Gasteiger partial charge in [0.15, 0.2) is 9.84 Å². The highest BCUT2D eigenvalue weighted by atomic mass is 32.2. The molecule has 8 nitrogen and oxygen atoms in total. The second-order valence-corrected chi connectivity index (χ2v) is 11.3. The summed E-state index contributed by atoms with van der Waals surface area (Å²) in [6, 6.07) is 7.32. The number of carbonyl (C=O) groups excluding carboxylic acids is 1. The van der Waals surface area contributed by atoms with Crippen molar-refractivity contribution < 1.29 is 17.9 Å². The molecular weight excluding hydrogens is 440 g/mol. The van der Waals surface area contributed by atoms with Crippen LogP contribution in [0.1, 0.15) is 54.0 Å². The smallest absolute Gasteiger partial charge is 0.253 e. The molecule has 2 aromatic rings. The van der Waals surface area contributed by atoms with E-state index in [1.807, 2.05) is 47.7 Å². The van der Waals surface area contributed by atoms with E-state index in [4.69, 9.17) is 4.74 Å². The summed E-state index contributed by atoms with van der Waals surface area (Å²) in [5, 5.41) is 4.69. The van der Waals surface area contributed by atoms with Crippen LogP contribution in [0, 0.1) is 13.8 Å². The number of rotatable bonds is 7. The first kappa shape index (κ1) is 23.6. The second-order valence-electron chi connectivity index (χ2n) is 9.03. The molecule has 1 aromatic heterocycles. The fraction of sp³-hybridized carbons (Fsp3) is 0.583. The molecule has 180 valence electrons. The zero-order valence-corrected chi connectivity index (χ0v) is 20.6. The Morgan fingerprint density at radius 2 is 1.82 bits per heavy atom. The largest absolute Gasteiger partial charge is 0.494 e. The lowest BCUT2D eigenvalue weighted by Crippen LogP contribution is -2.49. The van der Waals surface area contributed by atoms with E-state index in [0.29, 0.717) is 31.7 Å².